The van der Waals surface area contributed by atoms with Crippen LogP contribution in [0, 0.1) is 0 Å². The van der Waals surface area contributed by atoms with Crippen molar-refractivity contribution in [3.05, 3.63) is 66.0 Å². The number of nitrogens with zero attached hydrogens (tertiary/aromatic N) is 2. The van der Waals surface area contributed by atoms with E-state index in [0.717, 1.165) is 12.8 Å². The Hall–Kier alpha value is -2.37. The van der Waals surface area contributed by atoms with Crippen LogP contribution < -0.4 is 0 Å². The second-order valence-electron chi connectivity index (χ2n) is 6.28. The Morgan fingerprint density at radius 3 is 2.36 bits per heavy atom. The lowest BCUT2D eigenvalue weighted by molar-refractivity contribution is -0.161. The first-order valence-corrected chi connectivity index (χ1v) is 8.26. The fraction of sp³-hybridized carbons (Fsp3) is 0.368. The number of alkyl halides is 3. The number of benzene rings is 1. The summed E-state index contributed by atoms with van der Waals surface area (Å²) in [6, 6.07) is 13.0. The Kier molecular flexibility index (Phi) is 5.06. The quantitative estimate of drug-likeness (QED) is 0.779. The normalized spacial score (nSPS) is 15.6. The minimum absolute atomic E-state index is 0.0270. The van der Waals surface area contributed by atoms with Crippen LogP contribution in [0.25, 0.3) is 0 Å². The topological polar surface area (TPSA) is 33.2 Å². The van der Waals surface area contributed by atoms with Gasteiger partial charge in [0.1, 0.15) is 0 Å². The summed E-state index contributed by atoms with van der Waals surface area (Å²) < 4.78 is 40.5. The first-order chi connectivity index (χ1) is 11.9. The number of amides is 1. The van der Waals surface area contributed by atoms with Crippen LogP contribution in [0.5, 0.6) is 0 Å². The Balaban J connectivity index is 1.77. The van der Waals surface area contributed by atoms with Gasteiger partial charge in [-0.05, 0) is 30.5 Å². The average molecular weight is 348 g/mol. The first kappa shape index (κ1) is 17.5. The molecular weight excluding hydrogens is 329 g/mol. The van der Waals surface area contributed by atoms with E-state index in [9.17, 15) is 18.0 Å². The number of rotatable bonds is 6. The van der Waals surface area contributed by atoms with Crippen molar-refractivity contribution in [1.82, 2.24) is 9.88 Å². The lowest BCUT2D eigenvalue weighted by Gasteiger charge is -2.26. The van der Waals surface area contributed by atoms with E-state index in [1.807, 2.05) is 0 Å². The third kappa shape index (κ3) is 4.59. The maximum Gasteiger partial charge on any atom is 0.396 e. The molecule has 3 rings (SSSR count). The molecule has 1 aliphatic rings. The minimum Gasteiger partial charge on any atom is -0.334 e. The van der Waals surface area contributed by atoms with Crippen LogP contribution in [0.15, 0.2) is 54.7 Å². The molecule has 1 atom stereocenters. The van der Waals surface area contributed by atoms with E-state index in [0.29, 0.717) is 5.69 Å². The second-order valence-corrected chi connectivity index (χ2v) is 6.28. The first-order valence-electron chi connectivity index (χ1n) is 8.26. The molecule has 132 valence electrons. The van der Waals surface area contributed by atoms with Gasteiger partial charge in [-0.25, -0.2) is 0 Å². The van der Waals surface area contributed by atoms with Crippen molar-refractivity contribution in [2.75, 3.05) is 0 Å². The molecule has 1 aliphatic carbocycles. The van der Waals surface area contributed by atoms with E-state index in [-0.39, 0.29) is 18.2 Å². The number of carbonyl (C=O) groups is 1. The predicted octanol–water partition coefficient (Wildman–Crippen LogP) is 4.31. The van der Waals surface area contributed by atoms with Gasteiger partial charge in [-0.3, -0.25) is 9.78 Å². The summed E-state index contributed by atoms with van der Waals surface area (Å²) in [5.74, 6) is -2.26. The van der Waals surface area contributed by atoms with Gasteiger partial charge in [-0.15, -0.1) is 0 Å². The van der Waals surface area contributed by atoms with Crippen molar-refractivity contribution in [2.24, 2.45) is 0 Å². The zero-order valence-corrected chi connectivity index (χ0v) is 13.6. The maximum absolute atomic E-state index is 13.5. The van der Waals surface area contributed by atoms with Gasteiger partial charge >= 0.3 is 6.18 Å². The molecular formula is C19H19F3N2O. The molecule has 0 saturated heterocycles. The number of hydrogen-bond donors (Lipinski definition) is 0. The number of carbonyl (C=O) groups excluding carboxylic acids is 1. The van der Waals surface area contributed by atoms with Crippen molar-refractivity contribution in [3.63, 3.8) is 0 Å². The molecule has 0 radical (unpaired) electrons. The summed E-state index contributed by atoms with van der Waals surface area (Å²) in [5, 5.41) is 0. The third-order valence-corrected chi connectivity index (χ3v) is 4.34. The third-order valence-electron chi connectivity index (χ3n) is 4.34. The molecule has 1 heterocycles. The van der Waals surface area contributed by atoms with E-state index in [2.05, 4.69) is 4.98 Å². The van der Waals surface area contributed by atoms with Crippen molar-refractivity contribution >= 4 is 5.91 Å². The van der Waals surface area contributed by atoms with Crippen LogP contribution in [0.3, 0.4) is 0 Å². The van der Waals surface area contributed by atoms with Crippen LogP contribution in [-0.4, -0.2) is 28.0 Å². The summed E-state index contributed by atoms with van der Waals surface area (Å²) in [6.45, 7) is 0.254. The zero-order valence-electron chi connectivity index (χ0n) is 13.6. The molecule has 1 aromatic heterocycles. The molecule has 25 heavy (non-hydrogen) atoms. The van der Waals surface area contributed by atoms with Gasteiger partial charge in [0, 0.05) is 18.7 Å². The summed E-state index contributed by atoms with van der Waals surface area (Å²) in [4.78, 5) is 18.4. The highest BCUT2D eigenvalue weighted by Gasteiger charge is 2.44. The van der Waals surface area contributed by atoms with Crippen molar-refractivity contribution in [1.29, 1.82) is 0 Å². The summed E-state index contributed by atoms with van der Waals surface area (Å²) in [7, 11) is 0. The fourth-order valence-electron chi connectivity index (χ4n) is 2.87. The largest absolute Gasteiger partial charge is 0.396 e. The van der Waals surface area contributed by atoms with Gasteiger partial charge in [0.05, 0.1) is 18.2 Å². The van der Waals surface area contributed by atoms with Gasteiger partial charge in [0.2, 0.25) is 5.91 Å². The molecule has 0 spiro atoms. The minimum atomic E-state index is -4.46. The van der Waals surface area contributed by atoms with E-state index in [1.54, 1.807) is 47.5 Å². The standard InChI is InChI=1S/C19H19F3N2O/c20-19(21,22)17(14-6-2-1-3-7-14)12-18(25)24(16-9-10-16)13-15-8-4-5-11-23-15/h1-8,11,16-17H,9-10,12-13H2/t17-/m1/s1. The Morgan fingerprint density at radius 2 is 1.80 bits per heavy atom. The van der Waals surface area contributed by atoms with E-state index in [1.165, 1.54) is 12.1 Å². The second kappa shape index (κ2) is 7.25. The molecule has 1 fully saturated rings. The van der Waals surface area contributed by atoms with Crippen LogP contribution in [0.1, 0.15) is 36.4 Å². The van der Waals surface area contributed by atoms with Crippen LogP contribution >= 0.6 is 0 Å². The highest BCUT2D eigenvalue weighted by molar-refractivity contribution is 5.78. The highest BCUT2D eigenvalue weighted by Crippen LogP contribution is 2.39. The highest BCUT2D eigenvalue weighted by atomic mass is 19.4. The van der Waals surface area contributed by atoms with Gasteiger partial charge < -0.3 is 4.90 Å². The van der Waals surface area contributed by atoms with Crippen LogP contribution in [0.2, 0.25) is 0 Å². The molecule has 0 N–H and O–H groups in total. The smallest absolute Gasteiger partial charge is 0.334 e. The fourth-order valence-corrected chi connectivity index (χ4v) is 2.87. The lowest BCUT2D eigenvalue weighted by atomic mass is 9.94. The summed E-state index contributed by atoms with van der Waals surface area (Å²) in [5.41, 5.74) is 0.808. The Labute approximate surface area is 144 Å². The molecule has 0 bridgehead atoms. The van der Waals surface area contributed by atoms with E-state index < -0.39 is 24.4 Å². The zero-order chi connectivity index (χ0) is 17.9. The van der Waals surface area contributed by atoms with E-state index in [4.69, 9.17) is 0 Å². The van der Waals surface area contributed by atoms with Crippen molar-refractivity contribution in [3.8, 4) is 0 Å². The van der Waals surface area contributed by atoms with Crippen LogP contribution in [0.4, 0.5) is 13.2 Å². The number of pyridine rings is 1. The maximum atomic E-state index is 13.5. The molecule has 1 amide bonds. The molecule has 0 aliphatic heterocycles. The number of halogens is 3. The van der Waals surface area contributed by atoms with Crippen molar-refractivity contribution in [2.45, 2.75) is 43.9 Å². The molecule has 1 aromatic carbocycles. The Morgan fingerprint density at radius 1 is 1.12 bits per heavy atom. The van der Waals surface area contributed by atoms with Crippen LogP contribution in [-0.2, 0) is 11.3 Å². The van der Waals surface area contributed by atoms with Gasteiger partial charge in [-0.2, -0.15) is 13.2 Å². The summed E-state index contributed by atoms with van der Waals surface area (Å²) >= 11 is 0. The SMILES string of the molecule is O=C(C[C@H](c1ccccc1)C(F)(F)F)N(Cc1ccccn1)C1CC1. The van der Waals surface area contributed by atoms with Crippen molar-refractivity contribution < 1.29 is 18.0 Å². The number of aromatic nitrogens is 1. The van der Waals surface area contributed by atoms with Gasteiger partial charge in [0.25, 0.3) is 0 Å². The number of hydrogen-bond acceptors (Lipinski definition) is 2. The van der Waals surface area contributed by atoms with Gasteiger partial charge in [0.15, 0.2) is 0 Å². The van der Waals surface area contributed by atoms with E-state index >= 15 is 0 Å². The lowest BCUT2D eigenvalue weighted by Crippen LogP contribution is -2.36. The Bertz CT molecular complexity index is 700. The summed E-state index contributed by atoms with van der Waals surface area (Å²) in [6.07, 6.45) is -1.75. The molecule has 6 heteroatoms. The average Bonchev–Trinajstić information content (AvgIpc) is 3.43. The monoisotopic (exact) mass is 348 g/mol. The van der Waals surface area contributed by atoms with Gasteiger partial charge in [-0.1, -0.05) is 36.4 Å². The molecule has 3 nitrogen and oxygen atoms in total. The predicted molar refractivity (Wildman–Crippen MR) is 87.7 cm³/mol. The molecule has 1 saturated carbocycles. The molecule has 0 unspecified atom stereocenters. The molecule has 2 aromatic rings.